The molecule has 4 rings (SSSR count). The lowest BCUT2D eigenvalue weighted by Gasteiger charge is -2.15. The SMILES string of the molecule is O=C(CCN1C(=O)/C(=C/c2ccccc2Cl)SC1=S)NNC(=O)CCN1C(=O)/C(=C\c2ccccc2Cl)SC1=S. The fourth-order valence-electron chi connectivity index (χ4n) is 3.54. The molecule has 14 heteroatoms. The van der Waals surface area contributed by atoms with Crippen LogP contribution in [0.2, 0.25) is 10.0 Å². The predicted molar refractivity (Wildman–Crippen MR) is 168 cm³/mol. The number of thioether (sulfide) groups is 2. The molecule has 2 aromatic carbocycles. The molecule has 0 radical (unpaired) electrons. The molecule has 206 valence electrons. The Morgan fingerprint density at radius 1 is 0.725 bits per heavy atom. The molecule has 0 aliphatic carbocycles. The standard InChI is InChI=1S/C26H20Cl2N4O4S4/c27-17-7-3-1-5-15(17)13-19-23(35)31(25(37)39-19)11-9-21(33)29-30-22(34)10-12-32-24(36)20(40-26(32)38)14-16-6-2-4-8-18(16)28/h1-8,13-14H,9-12H2,(H,29,33)(H,30,34)/b19-13-,20-14+. The average Bonchev–Trinajstić information content (AvgIpc) is 3.35. The second-order valence-electron chi connectivity index (χ2n) is 8.31. The molecule has 0 unspecified atom stereocenters. The van der Waals surface area contributed by atoms with Gasteiger partial charge in [0.2, 0.25) is 11.8 Å². The third-order valence-electron chi connectivity index (χ3n) is 5.60. The number of amides is 4. The summed E-state index contributed by atoms with van der Waals surface area (Å²) in [6.45, 7) is 0.0844. The number of carbonyl (C=O) groups is 4. The molecule has 2 N–H and O–H groups in total. The van der Waals surface area contributed by atoms with E-state index in [4.69, 9.17) is 47.6 Å². The van der Waals surface area contributed by atoms with Gasteiger partial charge >= 0.3 is 0 Å². The highest BCUT2D eigenvalue weighted by Gasteiger charge is 2.33. The lowest BCUT2D eigenvalue weighted by molar-refractivity contribution is -0.130. The van der Waals surface area contributed by atoms with Crippen molar-refractivity contribution >= 4 is 116 Å². The zero-order valence-electron chi connectivity index (χ0n) is 20.5. The van der Waals surface area contributed by atoms with Gasteiger partial charge in [-0.1, -0.05) is 108 Å². The number of benzene rings is 2. The van der Waals surface area contributed by atoms with Crippen molar-refractivity contribution in [1.82, 2.24) is 20.7 Å². The van der Waals surface area contributed by atoms with Crippen LogP contribution in [0.3, 0.4) is 0 Å². The number of carbonyl (C=O) groups excluding carboxylic acids is 4. The van der Waals surface area contributed by atoms with Gasteiger partial charge in [0.25, 0.3) is 11.8 Å². The van der Waals surface area contributed by atoms with Crippen molar-refractivity contribution in [2.75, 3.05) is 13.1 Å². The molecule has 8 nitrogen and oxygen atoms in total. The molecule has 2 aliphatic heterocycles. The van der Waals surface area contributed by atoms with Crippen LogP contribution in [-0.4, -0.2) is 55.2 Å². The van der Waals surface area contributed by atoms with Crippen LogP contribution in [0.5, 0.6) is 0 Å². The van der Waals surface area contributed by atoms with Crippen molar-refractivity contribution < 1.29 is 19.2 Å². The normalized spacial score (nSPS) is 17.4. The second kappa shape index (κ2) is 13.7. The van der Waals surface area contributed by atoms with E-state index < -0.39 is 11.8 Å². The lowest BCUT2D eigenvalue weighted by Crippen LogP contribution is -2.44. The molecule has 4 amide bonds. The highest BCUT2D eigenvalue weighted by molar-refractivity contribution is 8.27. The predicted octanol–water partition coefficient (Wildman–Crippen LogP) is 5.02. The molecule has 2 aliphatic rings. The van der Waals surface area contributed by atoms with Gasteiger partial charge in [-0.2, -0.15) is 0 Å². The summed E-state index contributed by atoms with van der Waals surface area (Å²) >= 11 is 25.2. The molecular weight excluding hydrogens is 631 g/mol. The first kappa shape index (κ1) is 30.2. The smallest absolute Gasteiger partial charge is 0.266 e. The quantitative estimate of drug-likeness (QED) is 0.233. The highest BCUT2D eigenvalue weighted by Crippen LogP contribution is 2.35. The lowest BCUT2D eigenvalue weighted by atomic mass is 10.2. The number of nitrogens with zero attached hydrogens (tertiary/aromatic N) is 2. The number of hydrogen-bond donors (Lipinski definition) is 2. The Kier molecular flexibility index (Phi) is 10.4. The van der Waals surface area contributed by atoms with Gasteiger partial charge in [-0.3, -0.25) is 39.8 Å². The van der Waals surface area contributed by atoms with Crippen LogP contribution in [0.15, 0.2) is 58.3 Å². The molecule has 0 bridgehead atoms. The molecule has 2 heterocycles. The van der Waals surface area contributed by atoms with Crippen LogP contribution < -0.4 is 10.9 Å². The van der Waals surface area contributed by atoms with Gasteiger partial charge in [0, 0.05) is 36.0 Å². The summed E-state index contributed by atoms with van der Waals surface area (Å²) < 4.78 is 0.652. The van der Waals surface area contributed by atoms with E-state index in [0.717, 1.165) is 23.5 Å². The zero-order chi connectivity index (χ0) is 28.8. The Labute approximate surface area is 259 Å². The minimum Gasteiger partial charge on any atom is -0.292 e. The van der Waals surface area contributed by atoms with Gasteiger partial charge in [-0.05, 0) is 35.4 Å². The summed E-state index contributed by atoms with van der Waals surface area (Å²) in [5, 5.41) is 1.01. The van der Waals surface area contributed by atoms with Crippen LogP contribution in [0, 0.1) is 0 Å². The Morgan fingerprint density at radius 2 is 1.10 bits per heavy atom. The third kappa shape index (κ3) is 7.50. The topological polar surface area (TPSA) is 98.8 Å². The molecule has 2 fully saturated rings. The van der Waals surface area contributed by atoms with Gasteiger partial charge in [-0.25, -0.2) is 0 Å². The van der Waals surface area contributed by atoms with E-state index in [0.29, 0.717) is 39.6 Å². The summed E-state index contributed by atoms with van der Waals surface area (Å²) in [6.07, 6.45) is 3.14. The number of rotatable bonds is 8. The molecule has 40 heavy (non-hydrogen) atoms. The van der Waals surface area contributed by atoms with E-state index in [1.165, 1.54) is 9.80 Å². The van der Waals surface area contributed by atoms with Crippen LogP contribution in [0.25, 0.3) is 12.2 Å². The van der Waals surface area contributed by atoms with Crippen molar-refractivity contribution in [1.29, 1.82) is 0 Å². The first-order valence-electron chi connectivity index (χ1n) is 11.7. The maximum absolute atomic E-state index is 12.8. The summed E-state index contributed by atoms with van der Waals surface area (Å²) in [7, 11) is 0. The van der Waals surface area contributed by atoms with Crippen LogP contribution in [0.4, 0.5) is 0 Å². The average molecular weight is 652 g/mol. The van der Waals surface area contributed by atoms with Crippen molar-refractivity contribution in [3.63, 3.8) is 0 Å². The number of nitrogens with one attached hydrogen (secondary N) is 2. The monoisotopic (exact) mass is 650 g/mol. The summed E-state index contributed by atoms with van der Waals surface area (Å²) in [5.74, 6) is -1.66. The highest BCUT2D eigenvalue weighted by atomic mass is 35.5. The van der Waals surface area contributed by atoms with Gasteiger partial charge in [-0.15, -0.1) is 0 Å². The second-order valence-corrected chi connectivity index (χ2v) is 12.5. The summed E-state index contributed by atoms with van der Waals surface area (Å²) in [4.78, 5) is 53.6. The van der Waals surface area contributed by atoms with E-state index in [1.807, 2.05) is 12.1 Å². The van der Waals surface area contributed by atoms with Crippen LogP contribution in [0.1, 0.15) is 24.0 Å². The first-order chi connectivity index (χ1) is 19.1. The maximum atomic E-state index is 12.8. The number of halogens is 2. The van der Waals surface area contributed by atoms with E-state index >= 15 is 0 Å². The fourth-order valence-corrected chi connectivity index (χ4v) is 6.52. The minimum absolute atomic E-state index is 0.0422. The van der Waals surface area contributed by atoms with Gasteiger partial charge in [0.05, 0.1) is 9.81 Å². The van der Waals surface area contributed by atoms with E-state index in [-0.39, 0.29) is 37.7 Å². The number of hydrogen-bond acceptors (Lipinski definition) is 8. The molecular formula is C26H20Cl2N4O4S4. The van der Waals surface area contributed by atoms with E-state index in [9.17, 15) is 19.2 Å². The van der Waals surface area contributed by atoms with Crippen LogP contribution >= 0.6 is 71.2 Å². The summed E-state index contributed by atoms with van der Waals surface area (Å²) in [6, 6.07) is 14.2. The van der Waals surface area contributed by atoms with Crippen molar-refractivity contribution in [3.8, 4) is 0 Å². The largest absolute Gasteiger partial charge is 0.292 e. The summed E-state index contributed by atoms with van der Waals surface area (Å²) in [5.41, 5.74) is 6.00. The van der Waals surface area contributed by atoms with E-state index in [2.05, 4.69) is 10.9 Å². The van der Waals surface area contributed by atoms with Crippen LogP contribution in [-0.2, 0) is 19.2 Å². The first-order valence-corrected chi connectivity index (χ1v) is 14.9. The Hall–Kier alpha value is -2.74. The number of thiocarbonyl (C=S) groups is 2. The third-order valence-corrected chi connectivity index (χ3v) is 9.04. The van der Waals surface area contributed by atoms with Gasteiger partial charge < -0.3 is 0 Å². The minimum atomic E-state index is -0.509. The molecule has 0 aromatic heterocycles. The fraction of sp³-hybridized carbons (Fsp3) is 0.154. The maximum Gasteiger partial charge on any atom is 0.266 e. The Bertz CT molecular complexity index is 1370. The Balaban J connectivity index is 1.22. The van der Waals surface area contributed by atoms with Gasteiger partial charge in [0.15, 0.2) is 0 Å². The molecule has 0 atom stereocenters. The van der Waals surface area contributed by atoms with Crippen molar-refractivity contribution in [3.05, 3.63) is 79.5 Å². The molecule has 2 aromatic rings. The molecule has 0 spiro atoms. The Morgan fingerprint density at radius 3 is 1.48 bits per heavy atom. The van der Waals surface area contributed by atoms with Crippen molar-refractivity contribution in [2.24, 2.45) is 0 Å². The van der Waals surface area contributed by atoms with Gasteiger partial charge in [0.1, 0.15) is 8.64 Å². The molecule has 2 saturated heterocycles. The van der Waals surface area contributed by atoms with E-state index in [1.54, 1.807) is 48.6 Å². The van der Waals surface area contributed by atoms with Crippen molar-refractivity contribution in [2.45, 2.75) is 12.8 Å². The molecule has 0 saturated carbocycles. The number of hydrazine groups is 1. The zero-order valence-corrected chi connectivity index (χ0v) is 25.3.